The van der Waals surface area contributed by atoms with Crippen molar-refractivity contribution < 1.29 is 24.3 Å². The SMILES string of the molecule is CN1CCCC1=O.NC(C(=O)NC1C(=O)N2C(C(=O)O)=C(Cl)CCC12)c1ccccc1. The predicted octanol–water partition coefficient (Wildman–Crippen LogP) is 0.949. The minimum absolute atomic E-state index is 0.151. The number of nitrogens with one attached hydrogen (secondary N) is 1. The van der Waals surface area contributed by atoms with Gasteiger partial charge in [0.15, 0.2) is 0 Å². The first-order valence-electron chi connectivity index (χ1n) is 10.0. The molecule has 1 aromatic rings. The number of carbonyl (C=O) groups is 4. The van der Waals surface area contributed by atoms with Crippen molar-refractivity contribution in [3.8, 4) is 0 Å². The molecule has 4 N–H and O–H groups in total. The first kappa shape index (κ1) is 22.8. The standard InChI is InChI=1S/C16H16ClN3O4.C5H9NO/c17-9-6-7-10-12(15(22)20(10)13(9)16(23)24)19-14(21)11(18)8-4-2-1-3-5-8;1-6-4-2-3-5(6)7/h1-5,10-12H,6-7,18H2,(H,19,21)(H,23,24);2-4H2,1H3. The number of β-lactam (4-membered cyclic amide) rings is 1. The zero-order valence-electron chi connectivity index (χ0n) is 17.1. The normalized spacial score (nSPS) is 23.5. The second kappa shape index (κ2) is 9.49. The third-order valence-electron chi connectivity index (χ3n) is 5.63. The molecule has 0 aromatic heterocycles. The molecule has 2 fully saturated rings. The second-order valence-corrected chi connectivity index (χ2v) is 8.12. The third kappa shape index (κ3) is 4.72. The Morgan fingerprint density at radius 2 is 1.90 bits per heavy atom. The fraction of sp³-hybridized carbons (Fsp3) is 0.429. The molecule has 166 valence electrons. The molecule has 3 heterocycles. The van der Waals surface area contributed by atoms with Crippen LogP contribution < -0.4 is 11.1 Å². The smallest absolute Gasteiger partial charge is 0.353 e. The molecule has 3 atom stereocenters. The zero-order chi connectivity index (χ0) is 22.7. The Morgan fingerprint density at radius 3 is 2.42 bits per heavy atom. The Morgan fingerprint density at radius 1 is 1.23 bits per heavy atom. The van der Waals surface area contributed by atoms with Crippen LogP contribution in [0.3, 0.4) is 0 Å². The van der Waals surface area contributed by atoms with Gasteiger partial charge in [0.1, 0.15) is 17.8 Å². The summed E-state index contributed by atoms with van der Waals surface area (Å²) < 4.78 is 0. The van der Waals surface area contributed by atoms with Gasteiger partial charge in [-0.1, -0.05) is 41.9 Å². The number of allylic oxidation sites excluding steroid dienone is 1. The number of nitrogens with zero attached hydrogens (tertiary/aromatic N) is 2. The summed E-state index contributed by atoms with van der Waals surface area (Å²) in [5, 5.41) is 12.0. The van der Waals surface area contributed by atoms with E-state index in [1.54, 1.807) is 29.2 Å². The molecule has 1 aromatic carbocycles. The number of halogens is 1. The van der Waals surface area contributed by atoms with Crippen molar-refractivity contribution in [2.24, 2.45) is 5.73 Å². The maximum absolute atomic E-state index is 12.3. The molecule has 0 spiro atoms. The number of hydrogen-bond acceptors (Lipinski definition) is 5. The molecule has 3 aliphatic heterocycles. The average molecular weight is 449 g/mol. The number of likely N-dealkylation sites (tertiary alicyclic amines) is 1. The van der Waals surface area contributed by atoms with Gasteiger partial charge >= 0.3 is 5.97 Å². The molecule has 9 nitrogen and oxygen atoms in total. The average Bonchev–Trinajstić information content (AvgIpc) is 3.14. The molecule has 2 saturated heterocycles. The molecule has 3 amide bonds. The van der Waals surface area contributed by atoms with Crippen LogP contribution in [0, 0.1) is 0 Å². The number of aliphatic carboxylic acids is 1. The number of benzene rings is 1. The molecular formula is C21H25ClN4O5. The van der Waals surface area contributed by atoms with E-state index in [9.17, 15) is 24.3 Å². The summed E-state index contributed by atoms with van der Waals surface area (Å²) in [7, 11) is 1.84. The van der Waals surface area contributed by atoms with E-state index in [0.717, 1.165) is 24.3 Å². The van der Waals surface area contributed by atoms with Gasteiger partial charge in [-0.3, -0.25) is 19.3 Å². The van der Waals surface area contributed by atoms with Crippen molar-refractivity contribution >= 4 is 35.3 Å². The fourth-order valence-corrected chi connectivity index (χ4v) is 4.14. The Hall–Kier alpha value is -2.91. The Kier molecular flexibility index (Phi) is 6.97. The lowest BCUT2D eigenvalue weighted by Crippen LogP contribution is -2.72. The quantitative estimate of drug-likeness (QED) is 0.587. The topological polar surface area (TPSA) is 133 Å². The molecule has 0 radical (unpaired) electrons. The molecule has 0 bridgehead atoms. The van der Waals surface area contributed by atoms with Crippen molar-refractivity contribution in [1.29, 1.82) is 0 Å². The van der Waals surface area contributed by atoms with Crippen LogP contribution in [-0.4, -0.2) is 64.3 Å². The van der Waals surface area contributed by atoms with Crippen LogP contribution in [0.15, 0.2) is 41.1 Å². The minimum atomic E-state index is -1.25. The van der Waals surface area contributed by atoms with E-state index in [0.29, 0.717) is 24.3 Å². The Balaban J connectivity index is 0.000000330. The molecule has 10 heteroatoms. The van der Waals surface area contributed by atoms with Gasteiger partial charge < -0.3 is 21.1 Å². The maximum Gasteiger partial charge on any atom is 0.353 e. The number of nitrogens with two attached hydrogens (primary N) is 1. The molecule has 3 aliphatic rings. The van der Waals surface area contributed by atoms with Crippen molar-refractivity contribution in [2.75, 3.05) is 13.6 Å². The van der Waals surface area contributed by atoms with E-state index in [1.165, 1.54) is 0 Å². The van der Waals surface area contributed by atoms with E-state index in [1.807, 2.05) is 13.1 Å². The molecule has 0 saturated carbocycles. The fourth-order valence-electron chi connectivity index (χ4n) is 3.86. The van der Waals surface area contributed by atoms with E-state index < -0.39 is 35.9 Å². The summed E-state index contributed by atoms with van der Waals surface area (Å²) in [6.07, 6.45) is 2.66. The van der Waals surface area contributed by atoms with Crippen LogP contribution in [0.1, 0.15) is 37.3 Å². The van der Waals surface area contributed by atoms with E-state index >= 15 is 0 Å². The third-order valence-corrected chi connectivity index (χ3v) is 6.00. The number of amides is 3. The van der Waals surface area contributed by atoms with Gasteiger partial charge in [-0.25, -0.2) is 4.79 Å². The Bertz CT molecular complexity index is 920. The summed E-state index contributed by atoms with van der Waals surface area (Å²) >= 11 is 5.92. The maximum atomic E-state index is 12.3. The summed E-state index contributed by atoms with van der Waals surface area (Å²) in [5.41, 5.74) is 6.35. The number of carboxylic acids is 1. The van der Waals surface area contributed by atoms with Crippen LogP contribution in [0.4, 0.5) is 0 Å². The molecular weight excluding hydrogens is 424 g/mol. The van der Waals surface area contributed by atoms with Gasteiger partial charge in [-0.05, 0) is 24.8 Å². The minimum Gasteiger partial charge on any atom is -0.477 e. The van der Waals surface area contributed by atoms with Gasteiger partial charge in [-0.2, -0.15) is 0 Å². The highest BCUT2D eigenvalue weighted by molar-refractivity contribution is 6.32. The van der Waals surface area contributed by atoms with Gasteiger partial charge in [0.25, 0.3) is 5.91 Å². The number of fused-ring (bicyclic) bond motifs is 1. The number of carbonyl (C=O) groups excluding carboxylic acids is 3. The van der Waals surface area contributed by atoms with E-state index in [2.05, 4.69) is 5.32 Å². The van der Waals surface area contributed by atoms with Crippen LogP contribution in [-0.2, 0) is 19.2 Å². The van der Waals surface area contributed by atoms with Crippen LogP contribution >= 0.6 is 11.6 Å². The summed E-state index contributed by atoms with van der Waals surface area (Å²) in [5.74, 6) is -1.91. The number of rotatable bonds is 4. The van der Waals surface area contributed by atoms with Crippen molar-refractivity contribution in [3.05, 3.63) is 46.6 Å². The summed E-state index contributed by atoms with van der Waals surface area (Å²) in [6, 6.07) is 6.74. The molecule has 0 aliphatic carbocycles. The largest absolute Gasteiger partial charge is 0.477 e. The second-order valence-electron chi connectivity index (χ2n) is 7.67. The molecule has 3 unspecified atom stereocenters. The van der Waals surface area contributed by atoms with Crippen LogP contribution in [0.25, 0.3) is 0 Å². The van der Waals surface area contributed by atoms with Crippen LogP contribution in [0.5, 0.6) is 0 Å². The van der Waals surface area contributed by atoms with Gasteiger partial charge in [0.2, 0.25) is 11.8 Å². The van der Waals surface area contributed by atoms with Gasteiger partial charge in [0.05, 0.1) is 6.04 Å². The van der Waals surface area contributed by atoms with E-state index in [4.69, 9.17) is 17.3 Å². The molecule has 4 rings (SSSR count). The number of hydrogen-bond donors (Lipinski definition) is 3. The lowest BCUT2D eigenvalue weighted by Gasteiger charge is -2.49. The predicted molar refractivity (Wildman–Crippen MR) is 113 cm³/mol. The monoisotopic (exact) mass is 448 g/mol. The number of carboxylic acid groups (broad SMARTS) is 1. The van der Waals surface area contributed by atoms with Crippen molar-refractivity contribution in [3.63, 3.8) is 0 Å². The van der Waals surface area contributed by atoms with Gasteiger partial charge in [-0.15, -0.1) is 0 Å². The zero-order valence-corrected chi connectivity index (χ0v) is 17.8. The first-order chi connectivity index (χ1) is 14.7. The van der Waals surface area contributed by atoms with Crippen LogP contribution in [0.2, 0.25) is 0 Å². The highest BCUT2D eigenvalue weighted by atomic mass is 35.5. The summed E-state index contributed by atoms with van der Waals surface area (Å²) in [6.45, 7) is 0.957. The lowest BCUT2D eigenvalue weighted by molar-refractivity contribution is -0.156. The van der Waals surface area contributed by atoms with Crippen molar-refractivity contribution in [1.82, 2.24) is 15.1 Å². The first-order valence-corrected chi connectivity index (χ1v) is 10.4. The highest BCUT2D eigenvalue weighted by Gasteiger charge is 2.53. The highest BCUT2D eigenvalue weighted by Crippen LogP contribution is 2.38. The van der Waals surface area contributed by atoms with Crippen molar-refractivity contribution in [2.45, 2.75) is 43.8 Å². The lowest BCUT2D eigenvalue weighted by atomic mass is 9.86. The summed E-state index contributed by atoms with van der Waals surface area (Å²) in [4.78, 5) is 49.2. The van der Waals surface area contributed by atoms with E-state index in [-0.39, 0.29) is 10.7 Å². The Labute approximate surface area is 184 Å². The molecule has 31 heavy (non-hydrogen) atoms. The van der Waals surface area contributed by atoms with Gasteiger partial charge in [0, 0.05) is 25.0 Å².